The number of halogens is 1. The fraction of sp³-hybridized carbons (Fsp3) is 0.538. The Labute approximate surface area is 103 Å². The van der Waals surface area contributed by atoms with Gasteiger partial charge in [-0.05, 0) is 37.5 Å². The zero-order valence-corrected chi connectivity index (χ0v) is 11.1. The molecule has 0 aliphatic rings. The van der Waals surface area contributed by atoms with Crippen molar-refractivity contribution in [3.63, 3.8) is 0 Å². The SMILES string of the molecule is CCCN(C)c1cc(Cl)ccc1CC(C)N. The van der Waals surface area contributed by atoms with Gasteiger partial charge >= 0.3 is 0 Å². The molecule has 0 heterocycles. The Morgan fingerprint density at radius 2 is 2.12 bits per heavy atom. The molecule has 0 aliphatic heterocycles. The smallest absolute Gasteiger partial charge is 0.0426 e. The Morgan fingerprint density at radius 3 is 2.69 bits per heavy atom. The average molecular weight is 241 g/mol. The van der Waals surface area contributed by atoms with Crippen LogP contribution in [0.5, 0.6) is 0 Å². The summed E-state index contributed by atoms with van der Waals surface area (Å²) in [6, 6.07) is 6.21. The molecule has 1 atom stereocenters. The van der Waals surface area contributed by atoms with E-state index in [4.69, 9.17) is 17.3 Å². The molecule has 1 unspecified atom stereocenters. The molecule has 0 amide bonds. The molecule has 2 nitrogen and oxygen atoms in total. The lowest BCUT2D eigenvalue weighted by atomic mass is 10.0. The van der Waals surface area contributed by atoms with Crippen LogP contribution >= 0.6 is 11.6 Å². The first-order valence-electron chi connectivity index (χ1n) is 5.79. The molecule has 0 aromatic heterocycles. The predicted molar refractivity (Wildman–Crippen MR) is 72.4 cm³/mol. The molecule has 0 radical (unpaired) electrons. The Balaban J connectivity index is 2.97. The van der Waals surface area contributed by atoms with Crippen molar-refractivity contribution in [1.82, 2.24) is 0 Å². The molecule has 90 valence electrons. The minimum absolute atomic E-state index is 0.176. The number of benzene rings is 1. The Morgan fingerprint density at radius 1 is 1.44 bits per heavy atom. The molecule has 0 saturated carbocycles. The first kappa shape index (κ1) is 13.3. The highest BCUT2D eigenvalue weighted by Crippen LogP contribution is 2.25. The Bertz CT molecular complexity index is 337. The molecule has 16 heavy (non-hydrogen) atoms. The molecule has 3 heteroatoms. The summed E-state index contributed by atoms with van der Waals surface area (Å²) in [6.07, 6.45) is 2.02. The minimum Gasteiger partial charge on any atom is -0.374 e. The van der Waals surface area contributed by atoms with Gasteiger partial charge in [0.1, 0.15) is 0 Å². The van der Waals surface area contributed by atoms with Crippen LogP contribution in [0.4, 0.5) is 5.69 Å². The number of rotatable bonds is 5. The topological polar surface area (TPSA) is 29.3 Å². The lowest BCUT2D eigenvalue weighted by molar-refractivity contribution is 0.733. The number of nitrogens with two attached hydrogens (primary N) is 1. The van der Waals surface area contributed by atoms with Gasteiger partial charge in [0.15, 0.2) is 0 Å². The van der Waals surface area contributed by atoms with Crippen LogP contribution in [0.3, 0.4) is 0 Å². The predicted octanol–water partition coefficient (Wildman–Crippen LogP) is 3.08. The fourth-order valence-electron chi connectivity index (χ4n) is 1.87. The first-order chi connectivity index (χ1) is 7.54. The van der Waals surface area contributed by atoms with Crippen molar-refractivity contribution in [2.75, 3.05) is 18.5 Å². The molecule has 1 rings (SSSR count). The van der Waals surface area contributed by atoms with Gasteiger partial charge in [0.2, 0.25) is 0 Å². The first-order valence-corrected chi connectivity index (χ1v) is 6.17. The molecule has 0 spiro atoms. The molecule has 1 aromatic carbocycles. The van der Waals surface area contributed by atoms with E-state index >= 15 is 0 Å². The van der Waals surface area contributed by atoms with Gasteiger partial charge in [0, 0.05) is 30.3 Å². The van der Waals surface area contributed by atoms with Gasteiger partial charge in [0.25, 0.3) is 0 Å². The lowest BCUT2D eigenvalue weighted by Gasteiger charge is -2.23. The second-order valence-electron chi connectivity index (χ2n) is 4.38. The van der Waals surface area contributed by atoms with Gasteiger partial charge in [-0.25, -0.2) is 0 Å². The van der Waals surface area contributed by atoms with Gasteiger partial charge in [-0.15, -0.1) is 0 Å². The van der Waals surface area contributed by atoms with E-state index in [1.807, 2.05) is 19.1 Å². The maximum Gasteiger partial charge on any atom is 0.0426 e. The minimum atomic E-state index is 0.176. The summed E-state index contributed by atoms with van der Waals surface area (Å²) in [5.74, 6) is 0. The van der Waals surface area contributed by atoms with E-state index in [0.29, 0.717) is 0 Å². The molecule has 0 saturated heterocycles. The van der Waals surface area contributed by atoms with Gasteiger partial charge in [-0.1, -0.05) is 24.6 Å². The average Bonchev–Trinajstić information content (AvgIpc) is 2.20. The Hall–Kier alpha value is -0.730. The summed E-state index contributed by atoms with van der Waals surface area (Å²) in [4.78, 5) is 2.24. The quantitative estimate of drug-likeness (QED) is 0.857. The zero-order valence-electron chi connectivity index (χ0n) is 10.3. The largest absolute Gasteiger partial charge is 0.374 e. The van der Waals surface area contributed by atoms with Crippen molar-refractivity contribution >= 4 is 17.3 Å². The molecular formula is C13H21ClN2. The van der Waals surface area contributed by atoms with Crippen LogP contribution in [0.25, 0.3) is 0 Å². The summed E-state index contributed by atoms with van der Waals surface area (Å²) in [5.41, 5.74) is 8.33. The van der Waals surface area contributed by atoms with E-state index in [-0.39, 0.29) is 6.04 Å². The molecule has 0 aliphatic carbocycles. The highest BCUT2D eigenvalue weighted by Gasteiger charge is 2.09. The van der Waals surface area contributed by atoms with Crippen LogP contribution in [0, 0.1) is 0 Å². The van der Waals surface area contributed by atoms with E-state index in [0.717, 1.165) is 24.4 Å². The third kappa shape index (κ3) is 3.69. The summed E-state index contributed by atoms with van der Waals surface area (Å²) in [6.45, 7) is 5.23. The number of hydrogen-bond acceptors (Lipinski definition) is 2. The van der Waals surface area contributed by atoms with E-state index in [1.165, 1.54) is 11.3 Å². The maximum atomic E-state index is 6.04. The molecular weight excluding hydrogens is 220 g/mol. The molecule has 0 fully saturated rings. The molecule has 1 aromatic rings. The zero-order chi connectivity index (χ0) is 12.1. The summed E-state index contributed by atoms with van der Waals surface area (Å²) in [5, 5.41) is 0.784. The molecule has 0 bridgehead atoms. The highest BCUT2D eigenvalue weighted by atomic mass is 35.5. The van der Waals surface area contributed by atoms with Crippen molar-refractivity contribution in [3.05, 3.63) is 28.8 Å². The standard InChI is InChI=1S/C13H21ClN2/c1-4-7-16(3)13-9-12(14)6-5-11(13)8-10(2)15/h5-6,9-10H,4,7-8,15H2,1-3H3. The van der Waals surface area contributed by atoms with Crippen LogP contribution in [0.2, 0.25) is 5.02 Å². The Kier molecular flexibility index (Phi) is 5.10. The van der Waals surface area contributed by atoms with E-state index in [9.17, 15) is 0 Å². The number of hydrogen-bond donors (Lipinski definition) is 1. The summed E-state index contributed by atoms with van der Waals surface area (Å²) < 4.78 is 0. The van der Waals surface area contributed by atoms with Gasteiger partial charge < -0.3 is 10.6 Å². The van der Waals surface area contributed by atoms with Crippen LogP contribution in [0.15, 0.2) is 18.2 Å². The number of anilines is 1. The van der Waals surface area contributed by atoms with Crippen molar-refractivity contribution in [1.29, 1.82) is 0 Å². The van der Waals surface area contributed by atoms with Crippen molar-refractivity contribution in [2.24, 2.45) is 5.73 Å². The third-order valence-electron chi connectivity index (χ3n) is 2.56. The second kappa shape index (κ2) is 6.12. The van der Waals surface area contributed by atoms with Gasteiger partial charge in [0.05, 0.1) is 0 Å². The number of nitrogens with zero attached hydrogens (tertiary/aromatic N) is 1. The fourth-order valence-corrected chi connectivity index (χ4v) is 2.03. The van der Waals surface area contributed by atoms with E-state index < -0.39 is 0 Å². The van der Waals surface area contributed by atoms with E-state index in [1.54, 1.807) is 0 Å². The van der Waals surface area contributed by atoms with Crippen molar-refractivity contribution in [3.8, 4) is 0 Å². The van der Waals surface area contributed by atoms with Crippen molar-refractivity contribution < 1.29 is 0 Å². The van der Waals surface area contributed by atoms with Crippen LogP contribution in [-0.2, 0) is 6.42 Å². The van der Waals surface area contributed by atoms with Gasteiger partial charge in [-0.3, -0.25) is 0 Å². The second-order valence-corrected chi connectivity index (χ2v) is 4.81. The monoisotopic (exact) mass is 240 g/mol. The van der Waals surface area contributed by atoms with E-state index in [2.05, 4.69) is 24.9 Å². The lowest BCUT2D eigenvalue weighted by Crippen LogP contribution is -2.23. The van der Waals surface area contributed by atoms with Crippen molar-refractivity contribution in [2.45, 2.75) is 32.7 Å². The van der Waals surface area contributed by atoms with Gasteiger partial charge in [-0.2, -0.15) is 0 Å². The molecule has 2 N–H and O–H groups in total. The van der Waals surface area contributed by atoms with Crippen LogP contribution in [0.1, 0.15) is 25.8 Å². The maximum absolute atomic E-state index is 6.04. The normalized spacial score (nSPS) is 12.6. The summed E-state index contributed by atoms with van der Waals surface area (Å²) >= 11 is 6.04. The van der Waals surface area contributed by atoms with Crippen LogP contribution < -0.4 is 10.6 Å². The highest BCUT2D eigenvalue weighted by molar-refractivity contribution is 6.30. The third-order valence-corrected chi connectivity index (χ3v) is 2.79. The van der Waals surface area contributed by atoms with Crippen LogP contribution in [-0.4, -0.2) is 19.6 Å². The summed E-state index contributed by atoms with van der Waals surface area (Å²) in [7, 11) is 2.10.